The molecule has 1 aromatic heterocycles. The summed E-state index contributed by atoms with van der Waals surface area (Å²) in [6, 6.07) is 1.95. The minimum atomic E-state index is 0.623. The Morgan fingerprint density at radius 1 is 1.47 bits per heavy atom. The number of rotatable bonds is 6. The van der Waals surface area contributed by atoms with E-state index in [0.29, 0.717) is 5.92 Å². The first-order valence-corrected chi connectivity index (χ1v) is 5.88. The Kier molecular flexibility index (Phi) is 5.40. The van der Waals surface area contributed by atoms with Crippen molar-refractivity contribution in [1.82, 2.24) is 9.97 Å². The molecule has 0 saturated heterocycles. The van der Waals surface area contributed by atoms with Crippen LogP contribution in [0.25, 0.3) is 0 Å². The molecule has 1 atom stereocenters. The molecule has 0 aliphatic rings. The molecule has 0 fully saturated rings. The molecule has 1 N–H and O–H groups in total. The molecule has 0 saturated carbocycles. The van der Waals surface area contributed by atoms with Gasteiger partial charge in [-0.15, -0.1) is 11.6 Å². The molecule has 4 heteroatoms. The number of nitrogens with zero attached hydrogens (tertiary/aromatic N) is 2. The Balaban J connectivity index is 2.41. The molecule has 0 spiro atoms. The van der Waals surface area contributed by atoms with Crippen molar-refractivity contribution in [3.63, 3.8) is 0 Å². The van der Waals surface area contributed by atoms with E-state index < -0.39 is 0 Å². The summed E-state index contributed by atoms with van der Waals surface area (Å²) < 4.78 is 0. The largest absolute Gasteiger partial charge is 0.370 e. The molecule has 0 radical (unpaired) electrons. The number of alkyl halides is 1. The summed E-state index contributed by atoms with van der Waals surface area (Å²) in [5, 5.41) is 3.31. The van der Waals surface area contributed by atoms with Crippen LogP contribution in [-0.2, 0) is 0 Å². The van der Waals surface area contributed by atoms with Crippen molar-refractivity contribution in [2.75, 3.05) is 17.7 Å². The second kappa shape index (κ2) is 6.62. The van der Waals surface area contributed by atoms with Gasteiger partial charge in [0.2, 0.25) is 0 Å². The average molecular weight is 228 g/mol. The highest BCUT2D eigenvalue weighted by atomic mass is 35.5. The molecule has 0 bridgehead atoms. The van der Waals surface area contributed by atoms with Gasteiger partial charge in [-0.25, -0.2) is 9.97 Å². The normalized spacial score (nSPS) is 12.5. The highest BCUT2D eigenvalue weighted by Gasteiger charge is 2.05. The summed E-state index contributed by atoms with van der Waals surface area (Å²) in [4.78, 5) is 8.20. The van der Waals surface area contributed by atoms with Crippen LogP contribution in [0.5, 0.6) is 0 Å². The third kappa shape index (κ3) is 4.47. The summed E-state index contributed by atoms with van der Waals surface area (Å²) >= 11 is 5.73. The van der Waals surface area contributed by atoms with E-state index in [2.05, 4.69) is 22.2 Å². The van der Waals surface area contributed by atoms with E-state index in [-0.39, 0.29) is 0 Å². The molecular weight excluding hydrogens is 210 g/mol. The minimum absolute atomic E-state index is 0.623. The van der Waals surface area contributed by atoms with E-state index >= 15 is 0 Å². The molecule has 15 heavy (non-hydrogen) atoms. The monoisotopic (exact) mass is 227 g/mol. The van der Waals surface area contributed by atoms with E-state index in [1.165, 1.54) is 0 Å². The zero-order valence-electron chi connectivity index (χ0n) is 9.33. The summed E-state index contributed by atoms with van der Waals surface area (Å²) in [5.41, 5.74) is 0.984. The number of hydrogen-bond acceptors (Lipinski definition) is 3. The van der Waals surface area contributed by atoms with Crippen molar-refractivity contribution in [2.45, 2.75) is 26.7 Å². The van der Waals surface area contributed by atoms with Gasteiger partial charge in [0.05, 0.1) is 0 Å². The third-order valence-corrected chi connectivity index (χ3v) is 2.69. The number of anilines is 1. The fourth-order valence-corrected chi connectivity index (χ4v) is 1.71. The van der Waals surface area contributed by atoms with Gasteiger partial charge in [-0.3, -0.25) is 0 Å². The first-order chi connectivity index (χ1) is 7.26. The molecule has 3 nitrogen and oxygen atoms in total. The summed E-state index contributed by atoms with van der Waals surface area (Å²) in [7, 11) is 0. The van der Waals surface area contributed by atoms with Crippen molar-refractivity contribution in [1.29, 1.82) is 0 Å². The number of halogens is 1. The van der Waals surface area contributed by atoms with E-state index in [0.717, 1.165) is 36.8 Å². The Morgan fingerprint density at radius 2 is 2.27 bits per heavy atom. The van der Waals surface area contributed by atoms with Crippen molar-refractivity contribution in [3.05, 3.63) is 18.1 Å². The third-order valence-electron chi connectivity index (χ3n) is 2.47. The van der Waals surface area contributed by atoms with Crippen molar-refractivity contribution in [3.8, 4) is 0 Å². The zero-order valence-corrected chi connectivity index (χ0v) is 10.1. The van der Waals surface area contributed by atoms with Crippen LogP contribution in [0.4, 0.5) is 5.82 Å². The van der Waals surface area contributed by atoms with Gasteiger partial charge in [0, 0.05) is 24.2 Å². The Bertz CT molecular complexity index is 291. The smallest absolute Gasteiger partial charge is 0.129 e. The molecular formula is C11H18ClN3. The van der Waals surface area contributed by atoms with E-state index in [9.17, 15) is 0 Å². The lowest BCUT2D eigenvalue weighted by Gasteiger charge is -2.14. The molecule has 0 aliphatic heterocycles. The molecule has 1 heterocycles. The molecule has 0 amide bonds. The van der Waals surface area contributed by atoms with Crippen LogP contribution >= 0.6 is 11.6 Å². The maximum Gasteiger partial charge on any atom is 0.129 e. The predicted molar refractivity (Wildman–Crippen MR) is 64.4 cm³/mol. The predicted octanol–water partition coefficient (Wildman–Crippen LogP) is 2.85. The minimum Gasteiger partial charge on any atom is -0.370 e. The fraction of sp³-hybridized carbons (Fsp3) is 0.636. The van der Waals surface area contributed by atoms with Crippen LogP contribution in [0, 0.1) is 12.8 Å². The highest BCUT2D eigenvalue weighted by Crippen LogP contribution is 2.11. The highest BCUT2D eigenvalue weighted by molar-refractivity contribution is 6.17. The van der Waals surface area contributed by atoms with Gasteiger partial charge in [-0.05, 0) is 19.3 Å². The van der Waals surface area contributed by atoms with Gasteiger partial charge in [0.25, 0.3) is 0 Å². The Labute approximate surface area is 96.3 Å². The van der Waals surface area contributed by atoms with E-state index in [1.807, 2.05) is 13.0 Å². The maximum atomic E-state index is 5.73. The Morgan fingerprint density at radius 3 is 2.87 bits per heavy atom. The molecule has 1 rings (SSSR count). The van der Waals surface area contributed by atoms with Crippen LogP contribution in [-0.4, -0.2) is 22.4 Å². The number of hydrogen-bond donors (Lipinski definition) is 1. The van der Waals surface area contributed by atoms with Gasteiger partial charge in [-0.2, -0.15) is 0 Å². The molecule has 84 valence electrons. The average Bonchev–Trinajstić information content (AvgIpc) is 2.24. The number of aromatic nitrogens is 2. The fourth-order valence-electron chi connectivity index (χ4n) is 1.40. The summed E-state index contributed by atoms with van der Waals surface area (Å²) in [6.45, 7) is 5.08. The lowest BCUT2D eigenvalue weighted by Crippen LogP contribution is -2.15. The molecule has 1 aromatic rings. The van der Waals surface area contributed by atoms with Gasteiger partial charge in [0.1, 0.15) is 12.1 Å². The van der Waals surface area contributed by atoms with Crippen molar-refractivity contribution in [2.24, 2.45) is 5.92 Å². The SMILES string of the molecule is CCC(CCCl)CNc1cc(C)ncn1. The number of nitrogens with one attached hydrogen (secondary N) is 1. The maximum absolute atomic E-state index is 5.73. The Hall–Kier alpha value is -0.830. The first kappa shape index (κ1) is 12.2. The van der Waals surface area contributed by atoms with Crippen molar-refractivity contribution < 1.29 is 0 Å². The number of aryl methyl sites for hydroxylation is 1. The zero-order chi connectivity index (χ0) is 11.1. The van der Waals surface area contributed by atoms with Crippen molar-refractivity contribution >= 4 is 17.4 Å². The second-order valence-corrected chi connectivity index (χ2v) is 4.06. The standard InChI is InChI=1S/C11H18ClN3/c1-3-10(4-5-12)7-13-11-6-9(2)14-8-15-11/h6,8,10H,3-5,7H2,1-2H3,(H,13,14,15). The summed E-state index contributed by atoms with van der Waals surface area (Å²) in [5.74, 6) is 2.25. The molecule has 0 aliphatic carbocycles. The van der Waals surface area contributed by atoms with Crippen LogP contribution in [0.15, 0.2) is 12.4 Å². The quantitative estimate of drug-likeness (QED) is 0.760. The lowest BCUT2D eigenvalue weighted by molar-refractivity contribution is 0.521. The van der Waals surface area contributed by atoms with Gasteiger partial charge >= 0.3 is 0 Å². The second-order valence-electron chi connectivity index (χ2n) is 3.68. The van der Waals surface area contributed by atoms with Gasteiger partial charge in [0.15, 0.2) is 0 Å². The van der Waals surface area contributed by atoms with Crippen LogP contribution < -0.4 is 5.32 Å². The molecule has 0 aromatic carbocycles. The lowest BCUT2D eigenvalue weighted by atomic mass is 10.0. The van der Waals surface area contributed by atoms with Gasteiger partial charge < -0.3 is 5.32 Å². The van der Waals surface area contributed by atoms with Gasteiger partial charge in [-0.1, -0.05) is 13.3 Å². The van der Waals surface area contributed by atoms with E-state index in [1.54, 1.807) is 6.33 Å². The summed E-state index contributed by atoms with van der Waals surface area (Å²) in [6.07, 6.45) is 3.78. The topological polar surface area (TPSA) is 37.8 Å². The van der Waals surface area contributed by atoms with Crippen LogP contribution in [0.1, 0.15) is 25.5 Å². The van der Waals surface area contributed by atoms with Crippen LogP contribution in [0.3, 0.4) is 0 Å². The van der Waals surface area contributed by atoms with E-state index in [4.69, 9.17) is 11.6 Å². The van der Waals surface area contributed by atoms with Crippen LogP contribution in [0.2, 0.25) is 0 Å². The first-order valence-electron chi connectivity index (χ1n) is 5.34. The molecule has 1 unspecified atom stereocenters.